The molecule has 0 unspecified atom stereocenters. The van der Waals surface area contributed by atoms with Gasteiger partial charge in [0.2, 0.25) is 0 Å². The van der Waals surface area contributed by atoms with Crippen LogP contribution in [0.3, 0.4) is 0 Å². The van der Waals surface area contributed by atoms with E-state index in [2.05, 4.69) is 9.84 Å². The van der Waals surface area contributed by atoms with E-state index >= 15 is 0 Å². The lowest BCUT2D eigenvalue weighted by Crippen LogP contribution is -2.05. The molecule has 1 aromatic carbocycles. The zero-order valence-corrected chi connectivity index (χ0v) is 8.75. The second-order valence-corrected chi connectivity index (χ2v) is 3.22. The number of methoxy groups -OCH3 is 1. The van der Waals surface area contributed by atoms with Crippen LogP contribution in [0.15, 0.2) is 36.7 Å². The Balaban J connectivity index is 2.49. The molecule has 2 aromatic rings. The van der Waals surface area contributed by atoms with Gasteiger partial charge in [0, 0.05) is 12.4 Å². The Morgan fingerprint density at radius 3 is 2.94 bits per heavy atom. The molecule has 0 aliphatic heterocycles. The van der Waals surface area contributed by atoms with Crippen LogP contribution in [0.2, 0.25) is 0 Å². The quantitative estimate of drug-likeness (QED) is 0.607. The van der Waals surface area contributed by atoms with E-state index in [1.54, 1.807) is 41.3 Å². The molecular formula is C11H11N3O2. The van der Waals surface area contributed by atoms with E-state index in [4.69, 9.17) is 5.73 Å². The molecule has 0 saturated heterocycles. The zero-order chi connectivity index (χ0) is 11.5. The van der Waals surface area contributed by atoms with Gasteiger partial charge in [0.15, 0.2) is 0 Å². The van der Waals surface area contributed by atoms with Gasteiger partial charge in [0.1, 0.15) is 0 Å². The predicted molar refractivity (Wildman–Crippen MR) is 59.3 cm³/mol. The first-order chi connectivity index (χ1) is 7.72. The summed E-state index contributed by atoms with van der Waals surface area (Å²) in [4.78, 5) is 11.4. The highest BCUT2D eigenvalue weighted by Gasteiger charge is 2.09. The van der Waals surface area contributed by atoms with Gasteiger partial charge in [-0.3, -0.25) is 0 Å². The lowest BCUT2D eigenvalue weighted by Gasteiger charge is -2.07. The lowest BCUT2D eigenvalue weighted by molar-refractivity contribution is 0.0600. The summed E-state index contributed by atoms with van der Waals surface area (Å²) in [6.07, 6.45) is 3.40. The maximum atomic E-state index is 11.4. The third-order valence-corrected chi connectivity index (χ3v) is 2.20. The average molecular weight is 217 g/mol. The molecule has 1 aromatic heterocycles. The normalized spacial score (nSPS) is 10.1. The van der Waals surface area contributed by atoms with Crippen molar-refractivity contribution in [2.24, 2.45) is 0 Å². The molecule has 0 atom stereocenters. The summed E-state index contributed by atoms with van der Waals surface area (Å²) in [6.45, 7) is 0. The highest BCUT2D eigenvalue weighted by atomic mass is 16.5. The van der Waals surface area contributed by atoms with Crippen molar-refractivity contribution in [1.82, 2.24) is 9.78 Å². The fraction of sp³-hybridized carbons (Fsp3) is 0.0909. The molecule has 2 N–H and O–H groups in total. The molecule has 5 nitrogen and oxygen atoms in total. The van der Waals surface area contributed by atoms with E-state index in [-0.39, 0.29) is 0 Å². The van der Waals surface area contributed by atoms with Crippen LogP contribution in [0.5, 0.6) is 0 Å². The van der Waals surface area contributed by atoms with Gasteiger partial charge in [-0.05, 0) is 24.3 Å². The van der Waals surface area contributed by atoms with E-state index in [1.165, 1.54) is 7.11 Å². The average Bonchev–Trinajstić information content (AvgIpc) is 2.82. The topological polar surface area (TPSA) is 70.1 Å². The van der Waals surface area contributed by atoms with E-state index < -0.39 is 5.97 Å². The summed E-state index contributed by atoms with van der Waals surface area (Å²) in [7, 11) is 1.34. The lowest BCUT2D eigenvalue weighted by atomic mass is 10.2. The summed E-state index contributed by atoms with van der Waals surface area (Å²) in [5.41, 5.74) is 7.47. The molecule has 2 rings (SSSR count). The number of esters is 1. The van der Waals surface area contributed by atoms with E-state index in [0.717, 1.165) is 0 Å². The smallest absolute Gasteiger partial charge is 0.337 e. The molecule has 0 aliphatic rings. The molecule has 82 valence electrons. The maximum absolute atomic E-state index is 11.4. The van der Waals surface area contributed by atoms with Gasteiger partial charge in [-0.25, -0.2) is 9.48 Å². The number of benzene rings is 1. The highest BCUT2D eigenvalue weighted by Crippen LogP contribution is 2.18. The minimum absolute atomic E-state index is 0.395. The Morgan fingerprint density at radius 2 is 2.31 bits per heavy atom. The number of ether oxygens (including phenoxy) is 1. The minimum Gasteiger partial charge on any atom is -0.465 e. The summed E-state index contributed by atoms with van der Waals surface area (Å²) in [5, 5.41) is 4.06. The van der Waals surface area contributed by atoms with Crippen LogP contribution >= 0.6 is 0 Å². The third kappa shape index (κ3) is 1.75. The Bertz CT molecular complexity index is 506. The fourth-order valence-corrected chi connectivity index (χ4v) is 1.40. The van der Waals surface area contributed by atoms with Crippen LogP contribution < -0.4 is 5.73 Å². The minimum atomic E-state index is -0.395. The first kappa shape index (κ1) is 10.2. The summed E-state index contributed by atoms with van der Waals surface area (Å²) in [6, 6.07) is 6.70. The van der Waals surface area contributed by atoms with Crippen molar-refractivity contribution < 1.29 is 9.53 Å². The monoisotopic (exact) mass is 217 g/mol. The zero-order valence-electron chi connectivity index (χ0n) is 8.75. The van der Waals surface area contributed by atoms with Crippen molar-refractivity contribution >= 4 is 11.7 Å². The van der Waals surface area contributed by atoms with Gasteiger partial charge < -0.3 is 10.5 Å². The molecule has 0 radical (unpaired) electrons. The van der Waals surface area contributed by atoms with Crippen molar-refractivity contribution in [3.63, 3.8) is 0 Å². The standard InChI is InChI=1S/C11H11N3O2/c1-16-11(15)8-3-4-9(12)10(7-8)14-6-2-5-13-14/h2-7H,12H2,1H3. The molecule has 0 amide bonds. The largest absolute Gasteiger partial charge is 0.465 e. The van der Waals surface area contributed by atoms with Gasteiger partial charge >= 0.3 is 5.97 Å². The number of carbonyl (C=O) groups is 1. The van der Waals surface area contributed by atoms with Crippen molar-refractivity contribution in [1.29, 1.82) is 0 Å². The van der Waals surface area contributed by atoms with Crippen LogP contribution in [0.25, 0.3) is 5.69 Å². The Labute approximate surface area is 92.4 Å². The van der Waals surface area contributed by atoms with E-state index in [9.17, 15) is 4.79 Å². The number of aromatic nitrogens is 2. The molecular weight excluding hydrogens is 206 g/mol. The molecule has 0 fully saturated rings. The molecule has 0 bridgehead atoms. The summed E-state index contributed by atoms with van der Waals surface area (Å²) >= 11 is 0. The third-order valence-electron chi connectivity index (χ3n) is 2.20. The van der Waals surface area contributed by atoms with Crippen LogP contribution in [0, 0.1) is 0 Å². The predicted octanol–water partition coefficient (Wildman–Crippen LogP) is 1.24. The molecule has 16 heavy (non-hydrogen) atoms. The first-order valence-corrected chi connectivity index (χ1v) is 4.70. The van der Waals surface area contributed by atoms with Gasteiger partial charge in [-0.2, -0.15) is 5.10 Å². The number of rotatable bonds is 2. The number of hydrogen-bond donors (Lipinski definition) is 1. The van der Waals surface area contributed by atoms with Crippen LogP contribution in [0.4, 0.5) is 5.69 Å². The van der Waals surface area contributed by atoms with Gasteiger partial charge in [0.05, 0.1) is 24.0 Å². The molecule has 5 heteroatoms. The first-order valence-electron chi connectivity index (χ1n) is 4.70. The fourth-order valence-electron chi connectivity index (χ4n) is 1.40. The Kier molecular flexibility index (Phi) is 2.59. The van der Waals surface area contributed by atoms with Gasteiger partial charge in [0.25, 0.3) is 0 Å². The SMILES string of the molecule is COC(=O)c1ccc(N)c(-n2cccn2)c1. The Hall–Kier alpha value is -2.30. The Morgan fingerprint density at radius 1 is 1.50 bits per heavy atom. The number of nitrogen functional groups attached to an aromatic ring is 1. The van der Waals surface area contributed by atoms with E-state index in [1.807, 2.05) is 0 Å². The second kappa shape index (κ2) is 4.06. The van der Waals surface area contributed by atoms with Crippen molar-refractivity contribution in [3.05, 3.63) is 42.2 Å². The van der Waals surface area contributed by atoms with E-state index in [0.29, 0.717) is 16.9 Å². The van der Waals surface area contributed by atoms with Crippen molar-refractivity contribution in [2.45, 2.75) is 0 Å². The number of anilines is 1. The van der Waals surface area contributed by atoms with Crippen LogP contribution in [-0.2, 0) is 4.74 Å². The van der Waals surface area contributed by atoms with Crippen molar-refractivity contribution in [3.8, 4) is 5.69 Å². The number of hydrogen-bond acceptors (Lipinski definition) is 4. The summed E-state index contributed by atoms with van der Waals surface area (Å²) < 4.78 is 6.24. The maximum Gasteiger partial charge on any atom is 0.337 e. The number of carbonyl (C=O) groups excluding carboxylic acids is 1. The number of nitrogens with zero attached hydrogens (tertiary/aromatic N) is 2. The van der Waals surface area contributed by atoms with Gasteiger partial charge in [-0.15, -0.1) is 0 Å². The van der Waals surface area contributed by atoms with Gasteiger partial charge in [-0.1, -0.05) is 0 Å². The molecule has 0 spiro atoms. The molecule has 1 heterocycles. The second-order valence-electron chi connectivity index (χ2n) is 3.22. The molecule has 0 saturated carbocycles. The van der Waals surface area contributed by atoms with Crippen molar-refractivity contribution in [2.75, 3.05) is 12.8 Å². The highest BCUT2D eigenvalue weighted by molar-refractivity contribution is 5.90. The van der Waals surface area contributed by atoms with Crippen LogP contribution in [-0.4, -0.2) is 22.9 Å². The number of nitrogens with two attached hydrogens (primary N) is 1. The molecule has 0 aliphatic carbocycles. The summed E-state index contributed by atoms with van der Waals surface area (Å²) in [5.74, 6) is -0.395. The van der Waals surface area contributed by atoms with Crippen LogP contribution in [0.1, 0.15) is 10.4 Å².